The highest BCUT2D eigenvalue weighted by atomic mass is 19.1. The number of aryl methyl sites for hydroxylation is 1. The lowest BCUT2D eigenvalue weighted by Crippen LogP contribution is -2.31. The van der Waals surface area contributed by atoms with Crippen molar-refractivity contribution < 1.29 is 9.18 Å². The van der Waals surface area contributed by atoms with E-state index in [9.17, 15) is 9.18 Å². The van der Waals surface area contributed by atoms with Crippen molar-refractivity contribution >= 4 is 5.78 Å². The van der Waals surface area contributed by atoms with Gasteiger partial charge in [0.25, 0.3) is 0 Å². The molecule has 3 heteroatoms. The van der Waals surface area contributed by atoms with Crippen LogP contribution in [0, 0.1) is 25.1 Å². The van der Waals surface area contributed by atoms with Gasteiger partial charge in [0.15, 0.2) is 5.78 Å². The third-order valence-corrected chi connectivity index (χ3v) is 2.42. The number of carbonyl (C=O) groups excluding carboxylic acids is 1. The summed E-state index contributed by atoms with van der Waals surface area (Å²) in [6.07, 6.45) is 5.52. The van der Waals surface area contributed by atoms with Crippen LogP contribution in [0.15, 0.2) is 18.2 Å². The monoisotopic (exact) mass is 219 g/mol. The number of Topliss-reactive ketones (excluding diaryl/α,β-unsaturated/α-hetero) is 1. The van der Waals surface area contributed by atoms with Crippen molar-refractivity contribution in [1.29, 1.82) is 0 Å². The van der Waals surface area contributed by atoms with Gasteiger partial charge in [-0.05, 0) is 30.2 Å². The van der Waals surface area contributed by atoms with E-state index in [0.717, 1.165) is 11.1 Å². The molecule has 0 aliphatic rings. The highest BCUT2D eigenvalue weighted by molar-refractivity contribution is 5.86. The number of benzene rings is 1. The Kier molecular flexibility index (Phi) is 4.21. The molecule has 0 aromatic heterocycles. The van der Waals surface area contributed by atoms with E-state index in [4.69, 9.17) is 12.2 Å². The SMILES string of the molecule is C#CCC(N)C(=O)Cc1ccc(F)cc1C. The van der Waals surface area contributed by atoms with Crippen molar-refractivity contribution in [2.45, 2.75) is 25.8 Å². The molecule has 1 aromatic carbocycles. The molecule has 1 unspecified atom stereocenters. The Morgan fingerprint density at radius 3 is 2.88 bits per heavy atom. The molecule has 0 amide bonds. The van der Waals surface area contributed by atoms with Crippen LogP contribution in [0.2, 0.25) is 0 Å². The fraction of sp³-hybridized carbons (Fsp3) is 0.308. The predicted molar refractivity (Wildman–Crippen MR) is 61.3 cm³/mol. The van der Waals surface area contributed by atoms with Gasteiger partial charge in [-0.15, -0.1) is 12.3 Å². The lowest BCUT2D eigenvalue weighted by Gasteiger charge is -2.09. The smallest absolute Gasteiger partial charge is 0.154 e. The molecule has 0 saturated heterocycles. The quantitative estimate of drug-likeness (QED) is 0.781. The Labute approximate surface area is 94.7 Å². The van der Waals surface area contributed by atoms with Crippen molar-refractivity contribution in [3.8, 4) is 12.3 Å². The molecule has 1 atom stereocenters. The second kappa shape index (κ2) is 5.43. The topological polar surface area (TPSA) is 43.1 Å². The summed E-state index contributed by atoms with van der Waals surface area (Å²) in [6.45, 7) is 1.76. The van der Waals surface area contributed by atoms with E-state index >= 15 is 0 Å². The van der Waals surface area contributed by atoms with E-state index < -0.39 is 6.04 Å². The van der Waals surface area contributed by atoms with Crippen LogP contribution in [0.1, 0.15) is 17.5 Å². The minimum absolute atomic E-state index is 0.118. The molecule has 2 N–H and O–H groups in total. The first-order valence-electron chi connectivity index (χ1n) is 5.01. The van der Waals surface area contributed by atoms with E-state index in [-0.39, 0.29) is 24.4 Å². The Hall–Kier alpha value is -1.66. The summed E-state index contributed by atoms with van der Waals surface area (Å²) in [5, 5.41) is 0. The van der Waals surface area contributed by atoms with Gasteiger partial charge in [-0.3, -0.25) is 4.79 Å². The van der Waals surface area contributed by atoms with E-state index in [2.05, 4.69) is 5.92 Å². The molecule has 16 heavy (non-hydrogen) atoms. The second-order valence-electron chi connectivity index (χ2n) is 3.73. The highest BCUT2D eigenvalue weighted by Crippen LogP contribution is 2.11. The van der Waals surface area contributed by atoms with Crippen LogP contribution in [0.25, 0.3) is 0 Å². The van der Waals surface area contributed by atoms with E-state index in [1.165, 1.54) is 12.1 Å². The van der Waals surface area contributed by atoms with Gasteiger partial charge in [0.05, 0.1) is 6.04 Å². The first-order chi connectivity index (χ1) is 7.54. The Balaban J connectivity index is 2.74. The number of hydrogen-bond acceptors (Lipinski definition) is 2. The lowest BCUT2D eigenvalue weighted by molar-refractivity contribution is -0.119. The average molecular weight is 219 g/mol. The van der Waals surface area contributed by atoms with E-state index in [0.29, 0.717) is 0 Å². The van der Waals surface area contributed by atoms with Crippen LogP contribution in [0.5, 0.6) is 0 Å². The van der Waals surface area contributed by atoms with Crippen LogP contribution < -0.4 is 5.73 Å². The van der Waals surface area contributed by atoms with Gasteiger partial charge in [-0.1, -0.05) is 6.07 Å². The summed E-state index contributed by atoms with van der Waals surface area (Å²) in [6, 6.07) is 3.71. The molecular weight excluding hydrogens is 205 g/mol. The maximum atomic E-state index is 12.8. The van der Waals surface area contributed by atoms with E-state index in [1.54, 1.807) is 13.0 Å². The van der Waals surface area contributed by atoms with Crippen LogP contribution in [-0.4, -0.2) is 11.8 Å². The van der Waals surface area contributed by atoms with E-state index in [1.807, 2.05) is 0 Å². The Morgan fingerprint density at radius 2 is 2.31 bits per heavy atom. The molecule has 0 spiro atoms. The summed E-state index contributed by atoms with van der Waals surface area (Å²) in [7, 11) is 0. The molecule has 0 aliphatic carbocycles. The molecule has 0 radical (unpaired) electrons. The number of nitrogens with two attached hydrogens (primary N) is 1. The van der Waals surface area contributed by atoms with Crippen LogP contribution in [-0.2, 0) is 11.2 Å². The number of rotatable bonds is 4. The molecule has 84 valence electrons. The first kappa shape index (κ1) is 12.4. The molecule has 0 saturated carbocycles. The fourth-order valence-electron chi connectivity index (χ4n) is 1.42. The number of hydrogen-bond donors (Lipinski definition) is 1. The predicted octanol–water partition coefficient (Wildman–Crippen LogP) is 1.60. The minimum Gasteiger partial charge on any atom is -0.321 e. The van der Waals surface area contributed by atoms with Gasteiger partial charge in [-0.25, -0.2) is 4.39 Å². The molecule has 0 bridgehead atoms. The third kappa shape index (κ3) is 3.18. The summed E-state index contributed by atoms with van der Waals surface area (Å²) >= 11 is 0. The molecule has 0 aliphatic heterocycles. The molecule has 1 aromatic rings. The summed E-state index contributed by atoms with van der Waals surface area (Å²) in [4.78, 5) is 11.6. The zero-order valence-corrected chi connectivity index (χ0v) is 9.16. The van der Waals surface area contributed by atoms with Crippen LogP contribution in [0.4, 0.5) is 4.39 Å². The van der Waals surface area contributed by atoms with Crippen molar-refractivity contribution in [3.63, 3.8) is 0 Å². The average Bonchev–Trinajstić information content (AvgIpc) is 2.22. The van der Waals surface area contributed by atoms with Crippen molar-refractivity contribution in [1.82, 2.24) is 0 Å². The Morgan fingerprint density at radius 1 is 1.62 bits per heavy atom. The van der Waals surface area contributed by atoms with Crippen LogP contribution in [0.3, 0.4) is 0 Å². The van der Waals surface area contributed by atoms with Gasteiger partial charge in [-0.2, -0.15) is 0 Å². The summed E-state index contributed by atoms with van der Waals surface area (Å²) in [5.41, 5.74) is 7.13. The van der Waals surface area contributed by atoms with Gasteiger partial charge in [0.1, 0.15) is 5.82 Å². The zero-order valence-electron chi connectivity index (χ0n) is 9.16. The summed E-state index contributed by atoms with van der Waals surface area (Å²) < 4.78 is 12.8. The van der Waals surface area contributed by atoms with Gasteiger partial charge < -0.3 is 5.73 Å². The van der Waals surface area contributed by atoms with Gasteiger partial charge in [0.2, 0.25) is 0 Å². The van der Waals surface area contributed by atoms with Crippen LogP contribution >= 0.6 is 0 Å². The molecular formula is C13H14FNO. The number of halogens is 1. The minimum atomic E-state index is -0.630. The van der Waals surface area contributed by atoms with Crippen molar-refractivity contribution in [2.75, 3.05) is 0 Å². The highest BCUT2D eigenvalue weighted by Gasteiger charge is 2.13. The van der Waals surface area contributed by atoms with Gasteiger partial charge >= 0.3 is 0 Å². The first-order valence-corrected chi connectivity index (χ1v) is 5.01. The summed E-state index contributed by atoms with van der Waals surface area (Å²) in [5.74, 6) is 1.93. The number of ketones is 1. The molecule has 0 heterocycles. The Bertz CT molecular complexity index is 434. The lowest BCUT2D eigenvalue weighted by atomic mass is 9.99. The standard InChI is InChI=1S/C13H14FNO/c1-3-4-12(15)13(16)8-10-5-6-11(14)7-9(10)2/h1,5-7,12H,4,8,15H2,2H3. The molecule has 2 nitrogen and oxygen atoms in total. The molecule has 1 rings (SSSR count). The maximum absolute atomic E-state index is 12.8. The van der Waals surface area contributed by atoms with Gasteiger partial charge in [0, 0.05) is 12.8 Å². The second-order valence-corrected chi connectivity index (χ2v) is 3.73. The number of terminal acetylenes is 1. The normalized spacial score (nSPS) is 11.9. The third-order valence-electron chi connectivity index (χ3n) is 2.42. The van der Waals surface area contributed by atoms with Crippen molar-refractivity contribution in [3.05, 3.63) is 35.1 Å². The largest absolute Gasteiger partial charge is 0.321 e. The molecule has 0 fully saturated rings. The fourth-order valence-corrected chi connectivity index (χ4v) is 1.42. The number of carbonyl (C=O) groups is 1. The maximum Gasteiger partial charge on any atom is 0.154 e. The zero-order chi connectivity index (χ0) is 12.1. The van der Waals surface area contributed by atoms with Crippen molar-refractivity contribution in [2.24, 2.45) is 5.73 Å².